The zero-order valence-electron chi connectivity index (χ0n) is 19.3. The topological polar surface area (TPSA) is 67.9 Å². The summed E-state index contributed by atoms with van der Waals surface area (Å²) in [5.41, 5.74) is 1.74. The average Bonchev–Trinajstić information content (AvgIpc) is 3.18. The number of hydrogen-bond donors (Lipinski definition) is 1. The van der Waals surface area contributed by atoms with E-state index in [4.69, 9.17) is 9.47 Å². The number of likely N-dealkylation sites (tertiary alicyclic amines) is 1. The quantitative estimate of drug-likeness (QED) is 0.538. The lowest BCUT2D eigenvalue weighted by Crippen LogP contribution is -2.44. The summed E-state index contributed by atoms with van der Waals surface area (Å²) in [4.78, 5) is 27.1. The number of nitrogens with one attached hydrogen (secondary N) is 1. The molecule has 0 saturated carbocycles. The molecule has 0 aliphatic carbocycles. The Morgan fingerprint density at radius 1 is 1.15 bits per heavy atom. The molecule has 6 nitrogen and oxygen atoms in total. The van der Waals surface area contributed by atoms with Gasteiger partial charge in [0.2, 0.25) is 5.78 Å². The van der Waals surface area contributed by atoms with E-state index in [0.717, 1.165) is 31.5 Å². The molecule has 1 amide bonds. The minimum Gasteiger partial charge on any atom is -0.480 e. The number of nitrogens with zero attached hydrogens (tertiary/aromatic N) is 1. The van der Waals surface area contributed by atoms with Crippen LogP contribution < -0.4 is 14.8 Å². The highest BCUT2D eigenvalue weighted by molar-refractivity contribution is 6.14. The smallest absolute Gasteiger partial charge is 0.251 e. The van der Waals surface area contributed by atoms with E-state index in [0.29, 0.717) is 34.9 Å². The van der Waals surface area contributed by atoms with Crippen LogP contribution >= 0.6 is 0 Å². The maximum absolute atomic E-state index is 13.0. The second-order valence-electron chi connectivity index (χ2n) is 8.56. The van der Waals surface area contributed by atoms with Crippen LogP contribution in [0.3, 0.4) is 0 Å². The third-order valence-electron chi connectivity index (χ3n) is 5.84. The van der Waals surface area contributed by atoms with Crippen LogP contribution in [0.25, 0.3) is 0 Å². The van der Waals surface area contributed by atoms with E-state index in [9.17, 15) is 14.0 Å². The molecule has 2 aliphatic heterocycles. The van der Waals surface area contributed by atoms with E-state index in [1.54, 1.807) is 18.2 Å². The molecule has 1 fully saturated rings. The van der Waals surface area contributed by atoms with Crippen molar-refractivity contribution in [3.63, 3.8) is 0 Å². The lowest BCUT2D eigenvalue weighted by Gasteiger charge is -2.31. The van der Waals surface area contributed by atoms with E-state index < -0.39 is 0 Å². The number of hydrogen-bond acceptors (Lipinski definition) is 5. The Labute approximate surface area is 198 Å². The molecule has 0 bridgehead atoms. The maximum atomic E-state index is 13.0. The molecule has 0 aromatic heterocycles. The molecule has 2 heterocycles. The van der Waals surface area contributed by atoms with Gasteiger partial charge < -0.3 is 14.8 Å². The third kappa shape index (κ3) is 5.46. The first-order valence-electron chi connectivity index (χ1n) is 11.3. The molecule has 2 aromatic rings. The minimum atomic E-state index is -0.357. The Morgan fingerprint density at radius 2 is 1.88 bits per heavy atom. The number of carbonyl (C=O) groups is 2. The number of amides is 1. The SMILES string of the molecule is CC(C)=C1Oc2cccc(OCC#CCN3CCC(NC(=O)c4ccc(F)cc4)CC3)c2C1=O. The molecular weight excluding hydrogens is 435 g/mol. The number of rotatable bonds is 5. The van der Waals surface area contributed by atoms with Gasteiger partial charge in [-0.15, -0.1) is 0 Å². The van der Waals surface area contributed by atoms with Gasteiger partial charge in [-0.1, -0.05) is 17.9 Å². The van der Waals surface area contributed by atoms with Gasteiger partial charge in [-0.3, -0.25) is 14.5 Å². The van der Waals surface area contributed by atoms with Crippen LogP contribution in [-0.4, -0.2) is 48.9 Å². The summed E-state index contributed by atoms with van der Waals surface area (Å²) in [6, 6.07) is 11.0. The normalized spacial score (nSPS) is 15.7. The molecular formula is C27H27FN2O4. The first-order chi connectivity index (χ1) is 16.4. The van der Waals surface area contributed by atoms with Gasteiger partial charge in [0.15, 0.2) is 5.76 Å². The molecule has 2 aliphatic rings. The molecule has 176 valence electrons. The zero-order valence-corrected chi connectivity index (χ0v) is 19.3. The molecule has 4 rings (SSSR count). The Morgan fingerprint density at radius 3 is 2.59 bits per heavy atom. The van der Waals surface area contributed by atoms with Crippen molar-refractivity contribution in [3.8, 4) is 23.3 Å². The average molecular weight is 463 g/mol. The van der Waals surface area contributed by atoms with Crippen molar-refractivity contribution in [1.29, 1.82) is 0 Å². The van der Waals surface area contributed by atoms with Crippen LogP contribution in [0.1, 0.15) is 47.4 Å². The number of Topliss-reactive ketones (excluding diaryl/α,β-unsaturated/α-hetero) is 1. The van der Waals surface area contributed by atoms with Gasteiger partial charge in [0.05, 0.1) is 6.54 Å². The fourth-order valence-corrected chi connectivity index (χ4v) is 3.98. The second kappa shape index (κ2) is 10.5. The van der Waals surface area contributed by atoms with Crippen LogP contribution in [-0.2, 0) is 0 Å². The molecule has 2 aromatic carbocycles. The van der Waals surface area contributed by atoms with Crippen LogP contribution in [0, 0.1) is 17.7 Å². The number of carbonyl (C=O) groups excluding carboxylic acids is 2. The van der Waals surface area contributed by atoms with E-state index in [1.165, 1.54) is 24.3 Å². The molecule has 0 atom stereocenters. The standard InChI is InChI=1S/C27H27FN2O4/c1-18(2)26-25(31)24-22(6-5-7-23(24)34-26)33-17-4-3-14-30-15-12-21(13-16-30)29-27(32)19-8-10-20(28)11-9-19/h5-11,21H,12-17H2,1-2H3,(H,29,32). The molecule has 0 spiro atoms. The van der Waals surface area contributed by atoms with Gasteiger partial charge in [-0.25, -0.2) is 4.39 Å². The van der Waals surface area contributed by atoms with Crippen molar-refractivity contribution >= 4 is 11.7 Å². The highest BCUT2D eigenvalue weighted by atomic mass is 19.1. The summed E-state index contributed by atoms with van der Waals surface area (Å²) in [6.45, 7) is 6.12. The lowest BCUT2D eigenvalue weighted by molar-refractivity contribution is 0.0913. The Hall–Kier alpha value is -3.63. The van der Waals surface area contributed by atoms with Crippen LogP contribution in [0.4, 0.5) is 4.39 Å². The Kier molecular flexibility index (Phi) is 7.29. The Bertz CT molecular complexity index is 1170. The first-order valence-corrected chi connectivity index (χ1v) is 11.3. The number of halogens is 1. The number of allylic oxidation sites excluding steroid dienone is 2. The summed E-state index contributed by atoms with van der Waals surface area (Å²) >= 11 is 0. The van der Waals surface area contributed by atoms with Crippen LogP contribution in [0.2, 0.25) is 0 Å². The maximum Gasteiger partial charge on any atom is 0.251 e. The van der Waals surface area contributed by atoms with Crippen LogP contribution in [0.15, 0.2) is 53.8 Å². The van der Waals surface area contributed by atoms with Gasteiger partial charge in [0.25, 0.3) is 5.91 Å². The van der Waals surface area contributed by atoms with E-state index in [-0.39, 0.29) is 30.2 Å². The number of benzene rings is 2. The number of piperidine rings is 1. The highest BCUT2D eigenvalue weighted by Crippen LogP contribution is 2.38. The van der Waals surface area contributed by atoms with E-state index in [2.05, 4.69) is 22.1 Å². The second-order valence-corrected chi connectivity index (χ2v) is 8.56. The molecule has 1 N–H and O–H groups in total. The van der Waals surface area contributed by atoms with Crippen molar-refractivity contribution in [2.45, 2.75) is 32.7 Å². The number of fused-ring (bicyclic) bond motifs is 1. The van der Waals surface area contributed by atoms with Crippen molar-refractivity contribution < 1.29 is 23.5 Å². The molecule has 0 radical (unpaired) electrons. The van der Waals surface area contributed by atoms with Crippen LogP contribution in [0.5, 0.6) is 11.5 Å². The van der Waals surface area contributed by atoms with Crippen molar-refractivity contribution in [1.82, 2.24) is 10.2 Å². The third-order valence-corrected chi connectivity index (χ3v) is 5.84. The summed E-state index contributed by atoms with van der Waals surface area (Å²) in [5.74, 6) is 6.79. The van der Waals surface area contributed by atoms with Crippen molar-refractivity contribution in [2.24, 2.45) is 0 Å². The van der Waals surface area contributed by atoms with Gasteiger partial charge in [0.1, 0.15) is 29.5 Å². The lowest BCUT2D eigenvalue weighted by atomic mass is 10.0. The van der Waals surface area contributed by atoms with Gasteiger partial charge in [-0.05, 0) is 68.7 Å². The number of ether oxygens (including phenoxy) is 2. The molecule has 1 saturated heterocycles. The van der Waals surface area contributed by atoms with Gasteiger partial charge in [0, 0.05) is 24.7 Å². The summed E-state index contributed by atoms with van der Waals surface area (Å²) in [7, 11) is 0. The summed E-state index contributed by atoms with van der Waals surface area (Å²) in [6.07, 6.45) is 1.66. The van der Waals surface area contributed by atoms with E-state index >= 15 is 0 Å². The summed E-state index contributed by atoms with van der Waals surface area (Å²) < 4.78 is 24.4. The molecule has 0 unspecified atom stereocenters. The van der Waals surface area contributed by atoms with Gasteiger partial charge in [-0.2, -0.15) is 0 Å². The van der Waals surface area contributed by atoms with Crippen molar-refractivity contribution in [2.75, 3.05) is 26.2 Å². The summed E-state index contributed by atoms with van der Waals surface area (Å²) in [5, 5.41) is 3.02. The molecule has 34 heavy (non-hydrogen) atoms. The predicted molar refractivity (Wildman–Crippen MR) is 126 cm³/mol. The highest BCUT2D eigenvalue weighted by Gasteiger charge is 2.31. The molecule has 7 heteroatoms. The van der Waals surface area contributed by atoms with Gasteiger partial charge >= 0.3 is 0 Å². The monoisotopic (exact) mass is 462 g/mol. The fourth-order valence-electron chi connectivity index (χ4n) is 3.98. The van der Waals surface area contributed by atoms with E-state index in [1.807, 2.05) is 13.8 Å². The first kappa shape index (κ1) is 23.5. The number of ketones is 1. The fraction of sp³-hybridized carbons (Fsp3) is 0.333. The largest absolute Gasteiger partial charge is 0.480 e. The van der Waals surface area contributed by atoms with Crippen molar-refractivity contribution in [3.05, 3.63) is 70.7 Å². The predicted octanol–water partition coefficient (Wildman–Crippen LogP) is 3.97. The Balaban J connectivity index is 1.21. The zero-order chi connectivity index (χ0) is 24.1. The minimum absolute atomic E-state index is 0.0933.